The van der Waals surface area contributed by atoms with Crippen molar-refractivity contribution in [3.8, 4) is 0 Å². The maximum Gasteiger partial charge on any atom is 0.515 e. The van der Waals surface area contributed by atoms with Gasteiger partial charge in [0.25, 0.3) is 0 Å². The Labute approximate surface area is 133 Å². The molecule has 0 radical (unpaired) electrons. The van der Waals surface area contributed by atoms with E-state index in [-0.39, 0.29) is 0 Å². The number of halogens is 6. The van der Waals surface area contributed by atoms with Crippen molar-refractivity contribution in [1.29, 1.82) is 0 Å². The molecule has 0 aromatic heterocycles. The number of carbonyl (C=O) groups is 1. The number of hydrogen-bond donors (Lipinski definition) is 0. The monoisotopic (exact) mass is 382 g/mol. The van der Waals surface area contributed by atoms with Crippen LogP contribution in [0.15, 0.2) is 0 Å². The Balaban J connectivity index is 0.000000397. The van der Waals surface area contributed by atoms with E-state index in [0.29, 0.717) is 0 Å². The second-order valence-corrected chi connectivity index (χ2v) is 6.92. The fourth-order valence-corrected chi connectivity index (χ4v) is 1.03. The van der Waals surface area contributed by atoms with Crippen LogP contribution < -0.4 is 0 Å². The van der Waals surface area contributed by atoms with Crippen molar-refractivity contribution in [2.45, 2.75) is 7.96 Å². The minimum atomic E-state index is -2.24. The van der Waals surface area contributed by atoms with Crippen LogP contribution in [0.25, 0.3) is 0 Å². The molecule has 0 bridgehead atoms. The first-order valence-electron chi connectivity index (χ1n) is 4.31. The van der Waals surface area contributed by atoms with Gasteiger partial charge >= 0.3 is 14.1 Å². The number of alkyl halides is 6. The summed E-state index contributed by atoms with van der Waals surface area (Å²) in [6, 6.07) is 0. The average Bonchev–Trinajstić information content (AvgIpc) is 2.15. The molecule has 0 unspecified atom stereocenters. The lowest BCUT2D eigenvalue weighted by Gasteiger charge is -2.15. The lowest BCUT2D eigenvalue weighted by molar-refractivity contribution is -0.0334. The minimum Gasteiger partial charge on any atom is -0.382 e. The maximum absolute atomic E-state index is 10.5. The lowest BCUT2D eigenvalue weighted by atomic mass is 10.6. The van der Waals surface area contributed by atoms with Crippen LogP contribution in [0.1, 0.15) is 0 Å². The quantitative estimate of drug-likeness (QED) is 0.469. The zero-order chi connectivity index (χ0) is 14.2. The van der Waals surface area contributed by atoms with Crippen LogP contribution in [-0.4, -0.2) is 40.5 Å². The molecule has 0 saturated carbocycles. The van der Waals surface area contributed by atoms with Gasteiger partial charge in [-0.1, -0.05) is 0 Å². The Bertz CT molecular complexity index is 216. The van der Waals surface area contributed by atoms with Crippen molar-refractivity contribution in [2.24, 2.45) is 0 Å². The second-order valence-electron chi connectivity index (χ2n) is 2.57. The molecule has 0 aromatic carbocycles. The molecule has 1 fully saturated rings. The van der Waals surface area contributed by atoms with E-state index in [4.69, 9.17) is 79.1 Å². The zero-order valence-electron chi connectivity index (χ0n) is 8.64. The van der Waals surface area contributed by atoms with Gasteiger partial charge in [0.2, 0.25) is 0 Å². The smallest absolute Gasteiger partial charge is 0.382 e. The lowest BCUT2D eigenvalue weighted by Crippen LogP contribution is -2.22. The number of ether oxygens (including phenoxy) is 4. The van der Waals surface area contributed by atoms with Crippen LogP contribution in [0.3, 0.4) is 0 Å². The van der Waals surface area contributed by atoms with Crippen molar-refractivity contribution < 1.29 is 23.7 Å². The summed E-state index contributed by atoms with van der Waals surface area (Å²) >= 11 is 30.2. The molecule has 11 heteroatoms. The number of carbonyl (C=O) groups excluding carboxylic acids is 1. The molecular formula is C7H8Cl6O5. The van der Waals surface area contributed by atoms with E-state index in [1.54, 1.807) is 0 Å². The van der Waals surface area contributed by atoms with Crippen molar-refractivity contribution in [3.05, 3.63) is 0 Å². The Kier molecular flexibility index (Phi) is 9.44. The summed E-state index contributed by atoms with van der Waals surface area (Å²) in [4.78, 5) is 10.5. The third kappa shape index (κ3) is 15.0. The fraction of sp³-hybridized carbons (Fsp3) is 0.857. The summed E-state index contributed by atoms with van der Waals surface area (Å²) < 4.78 is 13.4. The predicted octanol–water partition coefficient (Wildman–Crippen LogP) is 3.83. The average molecular weight is 385 g/mol. The van der Waals surface area contributed by atoms with Gasteiger partial charge in [0, 0.05) is 0 Å². The SMILES string of the molecule is C1COCCO1.O=C(OC(Cl)(Cl)Cl)OC(Cl)(Cl)Cl. The molecule has 0 spiro atoms. The first-order chi connectivity index (χ1) is 8.10. The Morgan fingerprint density at radius 3 is 1.22 bits per heavy atom. The summed E-state index contributed by atoms with van der Waals surface area (Å²) in [6.07, 6.45) is -1.41. The van der Waals surface area contributed by atoms with Crippen molar-refractivity contribution in [2.75, 3.05) is 26.4 Å². The van der Waals surface area contributed by atoms with Gasteiger partial charge in [0.1, 0.15) is 0 Å². The van der Waals surface area contributed by atoms with E-state index >= 15 is 0 Å². The van der Waals surface area contributed by atoms with Crippen LogP contribution in [-0.2, 0) is 18.9 Å². The molecule has 0 aliphatic carbocycles. The van der Waals surface area contributed by atoms with E-state index < -0.39 is 14.1 Å². The largest absolute Gasteiger partial charge is 0.515 e. The number of hydrogen-bond acceptors (Lipinski definition) is 5. The third-order valence-electron chi connectivity index (χ3n) is 1.14. The summed E-state index contributed by atoms with van der Waals surface area (Å²) in [7, 11) is 0. The van der Waals surface area contributed by atoms with Gasteiger partial charge in [-0.2, -0.15) is 0 Å². The fourth-order valence-electron chi connectivity index (χ4n) is 0.650. The van der Waals surface area contributed by atoms with Crippen LogP contribution in [0.4, 0.5) is 4.79 Å². The number of rotatable bonds is 0. The zero-order valence-corrected chi connectivity index (χ0v) is 13.2. The minimum absolute atomic E-state index is 0.778. The highest BCUT2D eigenvalue weighted by Crippen LogP contribution is 2.32. The van der Waals surface area contributed by atoms with E-state index in [0.717, 1.165) is 26.4 Å². The summed E-state index contributed by atoms with van der Waals surface area (Å²) in [5.41, 5.74) is 0. The molecule has 5 nitrogen and oxygen atoms in total. The first-order valence-corrected chi connectivity index (χ1v) is 6.58. The topological polar surface area (TPSA) is 54.0 Å². The van der Waals surface area contributed by atoms with E-state index in [1.165, 1.54) is 0 Å². The van der Waals surface area contributed by atoms with Gasteiger partial charge in [-0.05, 0) is 69.6 Å². The Morgan fingerprint density at radius 1 is 0.778 bits per heavy atom. The van der Waals surface area contributed by atoms with E-state index in [9.17, 15) is 4.79 Å². The van der Waals surface area contributed by atoms with Gasteiger partial charge in [0.15, 0.2) is 0 Å². The van der Waals surface area contributed by atoms with Gasteiger partial charge in [-0.3, -0.25) is 0 Å². The predicted molar refractivity (Wildman–Crippen MR) is 69.8 cm³/mol. The summed E-state index contributed by atoms with van der Waals surface area (Å²) in [5, 5.41) is 0. The van der Waals surface area contributed by atoms with Crippen LogP contribution >= 0.6 is 69.6 Å². The van der Waals surface area contributed by atoms with Gasteiger partial charge in [-0.15, -0.1) is 0 Å². The van der Waals surface area contributed by atoms with E-state index in [2.05, 4.69) is 9.47 Å². The molecular weight excluding hydrogens is 377 g/mol. The molecule has 1 heterocycles. The van der Waals surface area contributed by atoms with Gasteiger partial charge in [0.05, 0.1) is 26.4 Å². The highest BCUT2D eigenvalue weighted by molar-refractivity contribution is 6.67. The van der Waals surface area contributed by atoms with Gasteiger partial charge in [-0.25, -0.2) is 4.79 Å². The van der Waals surface area contributed by atoms with Crippen LogP contribution in [0, 0.1) is 0 Å². The van der Waals surface area contributed by atoms with E-state index in [1.807, 2.05) is 0 Å². The van der Waals surface area contributed by atoms with Crippen LogP contribution in [0.5, 0.6) is 0 Å². The normalized spacial score (nSPS) is 16.3. The molecule has 0 amide bonds. The van der Waals surface area contributed by atoms with Crippen LogP contribution in [0.2, 0.25) is 0 Å². The molecule has 0 atom stereocenters. The molecule has 1 aliphatic rings. The molecule has 18 heavy (non-hydrogen) atoms. The molecule has 108 valence electrons. The highest BCUT2D eigenvalue weighted by Gasteiger charge is 2.32. The third-order valence-corrected chi connectivity index (χ3v) is 1.61. The van der Waals surface area contributed by atoms with Crippen molar-refractivity contribution in [3.63, 3.8) is 0 Å². The molecule has 0 N–H and O–H groups in total. The highest BCUT2D eigenvalue weighted by atomic mass is 35.6. The standard InChI is InChI=1S/C4H8O2.C3Cl6O3/c1-2-6-4-3-5-1;4-2(5,6)11-1(10)12-3(7,8)9/h1-4H2;. The first kappa shape index (κ1) is 18.9. The summed E-state index contributed by atoms with van der Waals surface area (Å²) in [5.74, 6) is 0. The molecule has 1 rings (SSSR count). The molecule has 0 aromatic rings. The Hall–Kier alpha value is 0.930. The van der Waals surface area contributed by atoms with Crippen molar-refractivity contribution in [1.82, 2.24) is 0 Å². The molecule has 1 aliphatic heterocycles. The van der Waals surface area contributed by atoms with Gasteiger partial charge < -0.3 is 18.9 Å². The van der Waals surface area contributed by atoms with Crippen molar-refractivity contribution >= 4 is 75.8 Å². The Morgan fingerprint density at radius 2 is 1.06 bits per heavy atom. The second kappa shape index (κ2) is 8.97. The maximum atomic E-state index is 10.5. The summed E-state index contributed by atoms with van der Waals surface area (Å²) in [6.45, 7) is 3.11. The molecule has 1 saturated heterocycles.